The highest BCUT2D eigenvalue weighted by Gasteiger charge is 2.45. The summed E-state index contributed by atoms with van der Waals surface area (Å²) in [4.78, 5) is 75.6. The van der Waals surface area contributed by atoms with Crippen LogP contribution in [0.15, 0.2) is 54.0 Å². The molecule has 2 fully saturated rings. The van der Waals surface area contributed by atoms with Crippen LogP contribution in [0.4, 0.5) is 11.5 Å². The quantitative estimate of drug-likeness (QED) is 0.149. The van der Waals surface area contributed by atoms with Crippen molar-refractivity contribution in [3.63, 3.8) is 0 Å². The van der Waals surface area contributed by atoms with Gasteiger partial charge in [-0.15, -0.1) is 21.5 Å². The normalized spacial score (nSPS) is 18.8. The zero-order valence-electron chi connectivity index (χ0n) is 41.1. The minimum atomic E-state index is -1.10. The van der Waals surface area contributed by atoms with Crippen molar-refractivity contribution < 1.29 is 29.0 Å². The number of benzene rings is 2. The van der Waals surface area contributed by atoms with Crippen LogP contribution in [-0.4, -0.2) is 125 Å². The molecule has 0 unspecified atom stereocenters. The largest absolute Gasteiger partial charge is 0.391 e. The number of rotatable bonds is 10. The summed E-state index contributed by atoms with van der Waals surface area (Å²) in [6.07, 6.45) is 3.36. The second-order valence-electron chi connectivity index (χ2n) is 20.3. The Morgan fingerprint density at radius 3 is 2.45 bits per heavy atom. The highest BCUT2D eigenvalue weighted by atomic mass is 32.1. The Bertz CT molecular complexity index is 3030. The van der Waals surface area contributed by atoms with Crippen LogP contribution in [0.2, 0.25) is 0 Å². The lowest BCUT2D eigenvalue weighted by Crippen LogP contribution is -2.57. The van der Waals surface area contributed by atoms with Crippen LogP contribution in [0.5, 0.6) is 0 Å². The fourth-order valence-corrected chi connectivity index (χ4v) is 11.2. The summed E-state index contributed by atoms with van der Waals surface area (Å²) in [5, 5.41) is 30.4. The molecule has 0 bridgehead atoms. The zero-order valence-corrected chi connectivity index (χ0v) is 41.9. The monoisotopic (exact) mass is 980 g/mol. The summed E-state index contributed by atoms with van der Waals surface area (Å²) < 4.78 is 7.92. The van der Waals surface area contributed by atoms with Gasteiger partial charge < -0.3 is 35.2 Å². The van der Waals surface area contributed by atoms with E-state index < -0.39 is 41.3 Å². The van der Waals surface area contributed by atoms with Crippen molar-refractivity contribution in [3.05, 3.63) is 93.6 Å². The third-order valence-corrected chi connectivity index (χ3v) is 15.2. The number of nitrogens with one attached hydrogen (secondary N) is 2. The van der Waals surface area contributed by atoms with Gasteiger partial charge in [0.1, 0.15) is 17.6 Å². The number of β-amino-alcohol motifs (C(OH)–C–C–N with tert-alkyl or cyclic N) is 1. The van der Waals surface area contributed by atoms with E-state index in [1.54, 1.807) is 24.3 Å². The number of aliphatic hydroxyl groups is 1. The number of aliphatic hydroxyl groups excluding tert-OH is 1. The molecule has 2 aromatic carbocycles. The lowest BCUT2D eigenvalue weighted by Gasteiger charge is -2.35. The molecule has 6 aromatic rings. The Kier molecular flexibility index (Phi) is 13.2. The van der Waals surface area contributed by atoms with Crippen molar-refractivity contribution >= 4 is 57.5 Å². The van der Waals surface area contributed by atoms with Crippen molar-refractivity contribution in [2.75, 3.05) is 37.7 Å². The van der Waals surface area contributed by atoms with Crippen molar-refractivity contribution in [1.29, 1.82) is 0 Å². The van der Waals surface area contributed by atoms with Gasteiger partial charge in [0.25, 0.3) is 5.91 Å². The molecular formula is C52H60N12O6S. The summed E-state index contributed by atoms with van der Waals surface area (Å²) >= 11 is 1.57. The molecule has 2 saturated heterocycles. The van der Waals surface area contributed by atoms with Crippen LogP contribution >= 0.6 is 11.3 Å². The second kappa shape index (κ2) is 19.5. The number of hydrogen-bond donors (Lipinski definition) is 3. The standard InChI is InChI=1S/C52H60N12O6S/c1-29-22-42-39(8-7-18-62(42)48-37-27-61(31(3)65)19-15-41(37)64(60-48)35-16-20-70-21-17-35)55-44(29)34-13-14-38-40(23-34)56-47(59-58-38)50(68)57-46(52(4,5)6)51(69)63-26-36(66)24-43(63)49(67)53-25-32-9-11-33(12-10-32)45-30(2)54-28-71-45/h9-14,22-23,28,35-36,43,46,66H,7-8,15-21,24-27H2,1-6H3,(H,53,67)(H,57,68)/t36-,43+,46-/m1/s1. The average Bonchev–Trinajstić information content (AvgIpc) is 4.10. The zero-order chi connectivity index (χ0) is 49.7. The minimum Gasteiger partial charge on any atom is -0.391 e. The van der Waals surface area contributed by atoms with Gasteiger partial charge in [0.15, 0.2) is 5.82 Å². The number of carbonyl (C=O) groups is 4. The summed E-state index contributed by atoms with van der Waals surface area (Å²) in [7, 11) is 0. The molecule has 3 N–H and O–H groups in total. The number of nitrogens with zero attached hydrogens (tertiary/aromatic N) is 10. The molecule has 19 heteroatoms. The lowest BCUT2D eigenvalue weighted by atomic mass is 9.85. The summed E-state index contributed by atoms with van der Waals surface area (Å²) in [5.41, 5.74) is 11.6. The first kappa shape index (κ1) is 48.0. The van der Waals surface area contributed by atoms with Crippen LogP contribution < -0.4 is 15.5 Å². The van der Waals surface area contributed by atoms with E-state index in [4.69, 9.17) is 14.8 Å². The summed E-state index contributed by atoms with van der Waals surface area (Å²) in [6.45, 7) is 14.7. The summed E-state index contributed by atoms with van der Waals surface area (Å²) in [5.74, 6) is -0.869. The SMILES string of the molecule is CC(=O)N1CCc2c(c(N3CCCc4nc(-c5ccc6nnc(C(=O)N[C@H](C(=O)N7C[C@H](O)C[C@H]7C(=O)NCc7ccc(-c8scnc8C)cc7)C(C)(C)C)nc6c5)c(C)cc43)nn2C2CCOCC2)C1. The van der Waals surface area contributed by atoms with Gasteiger partial charge in [-0.05, 0) is 79.8 Å². The van der Waals surface area contributed by atoms with E-state index in [1.807, 2.05) is 81.4 Å². The number of aromatic nitrogens is 7. The van der Waals surface area contributed by atoms with Crippen molar-refractivity contribution in [2.24, 2.45) is 5.41 Å². The van der Waals surface area contributed by atoms with Crippen LogP contribution in [0.1, 0.15) is 104 Å². The minimum absolute atomic E-state index is 0.0575. The number of hydrogen-bond acceptors (Lipinski definition) is 14. The molecule has 370 valence electrons. The molecule has 4 aliphatic rings. The highest BCUT2D eigenvalue weighted by molar-refractivity contribution is 7.13. The molecule has 71 heavy (non-hydrogen) atoms. The van der Waals surface area contributed by atoms with Gasteiger partial charge in [-0.25, -0.2) is 9.97 Å². The topological polar surface area (TPSA) is 214 Å². The number of thiazole rings is 1. The number of amides is 4. The van der Waals surface area contributed by atoms with E-state index in [0.29, 0.717) is 37.3 Å². The van der Waals surface area contributed by atoms with E-state index in [0.717, 1.165) is 99.9 Å². The van der Waals surface area contributed by atoms with Crippen molar-refractivity contribution in [1.82, 2.24) is 55.4 Å². The van der Waals surface area contributed by atoms with Crippen LogP contribution in [0, 0.1) is 19.3 Å². The molecule has 4 amide bonds. The van der Waals surface area contributed by atoms with Gasteiger partial charge in [-0.1, -0.05) is 51.1 Å². The van der Waals surface area contributed by atoms with Gasteiger partial charge in [0.2, 0.25) is 23.5 Å². The fourth-order valence-electron chi connectivity index (χ4n) is 10.4. The second-order valence-corrected chi connectivity index (χ2v) is 21.1. The fraction of sp³-hybridized carbons (Fsp3) is 0.462. The first-order valence-corrected chi connectivity index (χ1v) is 25.4. The number of carbonyl (C=O) groups excluding carboxylic acids is 4. The van der Waals surface area contributed by atoms with Crippen molar-refractivity contribution in [3.8, 4) is 21.7 Å². The summed E-state index contributed by atoms with van der Waals surface area (Å²) in [6, 6.07) is 13.8. The first-order chi connectivity index (χ1) is 34.1. The molecule has 4 aromatic heterocycles. The maximum atomic E-state index is 14.4. The van der Waals surface area contributed by atoms with Crippen LogP contribution in [-0.2, 0) is 45.1 Å². The predicted octanol–water partition coefficient (Wildman–Crippen LogP) is 5.79. The van der Waals surface area contributed by atoms with E-state index in [2.05, 4.69) is 46.4 Å². The first-order valence-electron chi connectivity index (χ1n) is 24.5. The highest BCUT2D eigenvalue weighted by Crippen LogP contribution is 2.41. The van der Waals surface area contributed by atoms with Crippen molar-refractivity contribution in [2.45, 2.75) is 117 Å². The molecule has 0 spiro atoms. The maximum absolute atomic E-state index is 14.4. The van der Waals surface area contributed by atoms with E-state index in [1.165, 1.54) is 10.6 Å². The Balaban J connectivity index is 0.861. The van der Waals surface area contributed by atoms with Crippen LogP contribution in [0.3, 0.4) is 0 Å². The van der Waals surface area contributed by atoms with E-state index >= 15 is 0 Å². The Morgan fingerprint density at radius 2 is 1.72 bits per heavy atom. The van der Waals surface area contributed by atoms with E-state index in [-0.39, 0.29) is 37.3 Å². The number of pyridine rings is 1. The average molecular weight is 981 g/mol. The third kappa shape index (κ3) is 9.61. The van der Waals surface area contributed by atoms with E-state index in [9.17, 15) is 24.3 Å². The smallest absolute Gasteiger partial charge is 0.291 e. The van der Waals surface area contributed by atoms with Gasteiger partial charge >= 0.3 is 0 Å². The lowest BCUT2D eigenvalue weighted by molar-refractivity contribution is -0.142. The molecule has 18 nitrogen and oxygen atoms in total. The van der Waals surface area contributed by atoms with Gasteiger partial charge in [-0.2, -0.15) is 5.10 Å². The molecule has 0 radical (unpaired) electrons. The molecule has 3 atom stereocenters. The van der Waals surface area contributed by atoms with Gasteiger partial charge in [0.05, 0.1) is 57.4 Å². The molecular weight excluding hydrogens is 921 g/mol. The number of ether oxygens (including phenoxy) is 1. The molecule has 8 heterocycles. The molecule has 10 rings (SSSR count). The Hall–Kier alpha value is -6.70. The maximum Gasteiger partial charge on any atom is 0.291 e. The number of fused-ring (bicyclic) bond motifs is 3. The Labute approximate surface area is 416 Å². The third-order valence-electron chi connectivity index (χ3n) is 14.3. The Morgan fingerprint density at radius 1 is 0.944 bits per heavy atom. The van der Waals surface area contributed by atoms with Gasteiger partial charge in [0, 0.05) is 76.0 Å². The predicted molar refractivity (Wildman–Crippen MR) is 268 cm³/mol. The van der Waals surface area contributed by atoms with Gasteiger partial charge in [-0.3, -0.25) is 28.8 Å². The number of aryl methyl sites for hydroxylation is 3. The number of likely N-dealkylation sites (tertiary alicyclic amines) is 1. The molecule has 4 aliphatic heterocycles. The molecule has 0 saturated carbocycles. The molecule has 0 aliphatic carbocycles. The van der Waals surface area contributed by atoms with Crippen LogP contribution in [0.25, 0.3) is 32.7 Å². The number of anilines is 2.